The molecular weight excluding hydrogens is 234 g/mol. The number of hydrogen-bond acceptors (Lipinski definition) is 2. The molecule has 0 saturated carbocycles. The molecule has 2 aromatic rings. The Balaban J connectivity index is 2.89. The lowest BCUT2D eigenvalue weighted by Gasteiger charge is -1.97. The highest BCUT2D eigenvalue weighted by atomic mass is 79.9. The van der Waals surface area contributed by atoms with E-state index >= 15 is 0 Å². The lowest BCUT2D eigenvalue weighted by molar-refractivity contribution is 1.48. The molecule has 2 rings (SSSR count). The van der Waals surface area contributed by atoms with Gasteiger partial charge in [0, 0.05) is 4.47 Å². The van der Waals surface area contributed by atoms with Crippen LogP contribution in [0.15, 0.2) is 22.7 Å². The number of fused-ring (bicyclic) bond motifs is 1. The largest absolute Gasteiger partial charge is 0.391 e. The van der Waals surface area contributed by atoms with Crippen LogP contribution in [-0.2, 0) is 0 Å². The van der Waals surface area contributed by atoms with Crippen LogP contribution in [0, 0.1) is 6.92 Å². The third kappa shape index (κ3) is 1.13. The van der Waals surface area contributed by atoms with Gasteiger partial charge in [0.05, 0.1) is 9.70 Å². The number of benzene rings is 1. The van der Waals surface area contributed by atoms with E-state index in [-0.39, 0.29) is 0 Å². The van der Waals surface area contributed by atoms with E-state index in [0.29, 0.717) is 0 Å². The highest BCUT2D eigenvalue weighted by Crippen LogP contribution is 2.35. The normalized spacial score (nSPS) is 10.8. The van der Waals surface area contributed by atoms with Crippen LogP contribution in [0.5, 0.6) is 0 Å². The number of hydrogen-bond donors (Lipinski definition) is 1. The molecule has 0 atom stereocenters. The van der Waals surface area contributed by atoms with E-state index in [1.807, 2.05) is 6.07 Å². The van der Waals surface area contributed by atoms with Gasteiger partial charge in [-0.15, -0.1) is 11.3 Å². The predicted octanol–water partition coefficient (Wildman–Crippen LogP) is 3.55. The molecule has 1 aromatic heterocycles. The number of anilines is 1. The minimum atomic E-state index is 0.872. The minimum Gasteiger partial charge on any atom is -0.391 e. The maximum atomic E-state index is 5.71. The SMILES string of the molecule is Cc1ccc2cc(N)sc2c1Br. The van der Waals surface area contributed by atoms with Gasteiger partial charge < -0.3 is 5.73 Å². The molecule has 1 aromatic carbocycles. The highest BCUT2D eigenvalue weighted by molar-refractivity contribution is 9.10. The number of aryl methyl sites for hydroxylation is 1. The van der Waals surface area contributed by atoms with Crippen LogP contribution in [0.2, 0.25) is 0 Å². The molecule has 3 heteroatoms. The van der Waals surface area contributed by atoms with Gasteiger partial charge in [0.2, 0.25) is 0 Å². The molecule has 0 fully saturated rings. The maximum absolute atomic E-state index is 5.71. The summed E-state index contributed by atoms with van der Waals surface area (Å²) in [5.74, 6) is 0. The molecule has 0 radical (unpaired) electrons. The Bertz CT molecular complexity index is 433. The van der Waals surface area contributed by atoms with Crippen molar-refractivity contribution in [3.05, 3.63) is 28.2 Å². The van der Waals surface area contributed by atoms with Crippen LogP contribution in [0.1, 0.15) is 5.56 Å². The minimum absolute atomic E-state index is 0.872. The summed E-state index contributed by atoms with van der Waals surface area (Å²) in [5, 5.41) is 2.09. The third-order valence-corrected chi connectivity index (χ3v) is 4.12. The van der Waals surface area contributed by atoms with Gasteiger partial charge in [-0.2, -0.15) is 0 Å². The Morgan fingerprint density at radius 2 is 2.17 bits per heavy atom. The van der Waals surface area contributed by atoms with Gasteiger partial charge in [0.1, 0.15) is 0 Å². The molecule has 0 saturated heterocycles. The lowest BCUT2D eigenvalue weighted by atomic mass is 10.2. The molecule has 2 N–H and O–H groups in total. The van der Waals surface area contributed by atoms with Crippen molar-refractivity contribution < 1.29 is 0 Å². The number of thiophene rings is 1. The van der Waals surface area contributed by atoms with Crippen LogP contribution in [-0.4, -0.2) is 0 Å². The summed E-state index contributed by atoms with van der Waals surface area (Å²) < 4.78 is 2.41. The molecule has 0 aliphatic carbocycles. The Morgan fingerprint density at radius 1 is 1.42 bits per heavy atom. The molecule has 0 aliphatic heterocycles. The first-order chi connectivity index (χ1) is 5.68. The van der Waals surface area contributed by atoms with E-state index in [0.717, 1.165) is 5.00 Å². The summed E-state index contributed by atoms with van der Waals surface area (Å²) in [6.07, 6.45) is 0. The van der Waals surface area contributed by atoms with Crippen molar-refractivity contribution in [3.63, 3.8) is 0 Å². The van der Waals surface area contributed by atoms with Crippen molar-refractivity contribution in [2.24, 2.45) is 0 Å². The lowest BCUT2D eigenvalue weighted by Crippen LogP contribution is -1.73. The van der Waals surface area contributed by atoms with Gasteiger partial charge in [-0.25, -0.2) is 0 Å². The van der Waals surface area contributed by atoms with E-state index in [1.165, 1.54) is 20.1 Å². The Labute approximate surface area is 83.3 Å². The van der Waals surface area contributed by atoms with Crippen LogP contribution in [0.3, 0.4) is 0 Å². The molecule has 0 bridgehead atoms. The molecule has 0 spiro atoms. The van der Waals surface area contributed by atoms with E-state index in [2.05, 4.69) is 35.0 Å². The van der Waals surface area contributed by atoms with Gasteiger partial charge in [-0.3, -0.25) is 0 Å². The van der Waals surface area contributed by atoms with Gasteiger partial charge in [-0.05, 0) is 39.9 Å². The second-order valence-electron chi connectivity index (χ2n) is 2.76. The van der Waals surface area contributed by atoms with Crippen LogP contribution in [0.4, 0.5) is 5.00 Å². The highest BCUT2D eigenvalue weighted by Gasteiger charge is 2.04. The monoisotopic (exact) mass is 241 g/mol. The van der Waals surface area contributed by atoms with Crippen LogP contribution >= 0.6 is 27.3 Å². The fourth-order valence-electron chi connectivity index (χ4n) is 1.19. The fourth-order valence-corrected chi connectivity index (χ4v) is 2.71. The van der Waals surface area contributed by atoms with Crippen molar-refractivity contribution in [1.29, 1.82) is 0 Å². The molecule has 0 unspecified atom stereocenters. The van der Waals surface area contributed by atoms with E-state index in [1.54, 1.807) is 11.3 Å². The quantitative estimate of drug-likeness (QED) is 0.751. The first kappa shape index (κ1) is 8.08. The topological polar surface area (TPSA) is 26.0 Å². The van der Waals surface area contributed by atoms with Crippen LogP contribution < -0.4 is 5.73 Å². The summed E-state index contributed by atoms with van der Waals surface area (Å²) in [5.41, 5.74) is 6.96. The van der Waals surface area contributed by atoms with Crippen molar-refractivity contribution >= 4 is 42.4 Å². The van der Waals surface area contributed by atoms with Crippen molar-refractivity contribution in [3.8, 4) is 0 Å². The molecule has 62 valence electrons. The van der Waals surface area contributed by atoms with Crippen molar-refractivity contribution in [2.45, 2.75) is 6.92 Å². The van der Waals surface area contributed by atoms with Crippen molar-refractivity contribution in [1.82, 2.24) is 0 Å². The summed E-state index contributed by atoms with van der Waals surface area (Å²) in [6.45, 7) is 2.08. The van der Waals surface area contributed by atoms with Gasteiger partial charge in [0.15, 0.2) is 0 Å². The second kappa shape index (κ2) is 2.75. The van der Waals surface area contributed by atoms with Gasteiger partial charge in [-0.1, -0.05) is 12.1 Å². The fraction of sp³-hybridized carbons (Fsp3) is 0.111. The Morgan fingerprint density at radius 3 is 2.92 bits per heavy atom. The van der Waals surface area contributed by atoms with Gasteiger partial charge >= 0.3 is 0 Å². The van der Waals surface area contributed by atoms with E-state index in [9.17, 15) is 0 Å². The molecule has 0 aliphatic rings. The molecular formula is C9H8BrNS. The zero-order chi connectivity index (χ0) is 8.72. The average Bonchev–Trinajstić information content (AvgIpc) is 2.39. The zero-order valence-electron chi connectivity index (χ0n) is 6.60. The van der Waals surface area contributed by atoms with Crippen LogP contribution in [0.25, 0.3) is 10.1 Å². The third-order valence-electron chi connectivity index (χ3n) is 1.84. The Hall–Kier alpha value is -0.540. The smallest absolute Gasteiger partial charge is 0.0869 e. The molecule has 1 heterocycles. The first-order valence-electron chi connectivity index (χ1n) is 3.62. The first-order valence-corrected chi connectivity index (χ1v) is 5.23. The summed E-state index contributed by atoms with van der Waals surface area (Å²) in [7, 11) is 0. The Kier molecular flexibility index (Phi) is 1.85. The predicted molar refractivity (Wildman–Crippen MR) is 58.7 cm³/mol. The standard InChI is InChI=1S/C9H8BrNS/c1-5-2-3-6-4-7(11)12-9(6)8(5)10/h2-4H,11H2,1H3. The summed E-state index contributed by atoms with van der Waals surface area (Å²) in [4.78, 5) is 0. The summed E-state index contributed by atoms with van der Waals surface area (Å²) >= 11 is 5.17. The molecule has 12 heavy (non-hydrogen) atoms. The van der Waals surface area contributed by atoms with Crippen molar-refractivity contribution in [2.75, 3.05) is 5.73 Å². The zero-order valence-corrected chi connectivity index (χ0v) is 9.00. The van der Waals surface area contributed by atoms with E-state index < -0.39 is 0 Å². The number of halogens is 1. The molecule has 1 nitrogen and oxygen atoms in total. The average molecular weight is 242 g/mol. The number of nitrogens with two attached hydrogens (primary N) is 1. The van der Waals surface area contributed by atoms with E-state index in [4.69, 9.17) is 5.73 Å². The number of nitrogen functional groups attached to an aromatic ring is 1. The molecule has 0 amide bonds. The second-order valence-corrected chi connectivity index (χ2v) is 4.64. The summed E-state index contributed by atoms with van der Waals surface area (Å²) in [6, 6.07) is 6.20. The van der Waals surface area contributed by atoms with Gasteiger partial charge in [0.25, 0.3) is 0 Å². The number of rotatable bonds is 0. The maximum Gasteiger partial charge on any atom is 0.0869 e.